The molecule has 2 aromatic rings. The van der Waals surface area contributed by atoms with Crippen molar-refractivity contribution in [3.8, 4) is 0 Å². The van der Waals surface area contributed by atoms with E-state index in [9.17, 15) is 0 Å². The predicted molar refractivity (Wildman–Crippen MR) is 114 cm³/mol. The maximum atomic E-state index is 7.13. The Kier molecular flexibility index (Phi) is 5.18. The van der Waals surface area contributed by atoms with Crippen molar-refractivity contribution >= 4 is 27.7 Å². The molecule has 0 spiro atoms. The minimum atomic E-state index is -1.82. The molecule has 1 fully saturated rings. The van der Waals surface area contributed by atoms with E-state index in [0.29, 0.717) is 38.1 Å². The zero-order valence-electron chi connectivity index (χ0n) is 16.3. The van der Waals surface area contributed by atoms with E-state index in [4.69, 9.17) is 4.43 Å². The van der Waals surface area contributed by atoms with Crippen molar-refractivity contribution in [1.82, 2.24) is 0 Å². The van der Waals surface area contributed by atoms with Crippen molar-refractivity contribution in [1.29, 1.82) is 0 Å². The third kappa shape index (κ3) is 2.94. The van der Waals surface area contributed by atoms with Gasteiger partial charge in [-0.3, -0.25) is 0 Å². The van der Waals surface area contributed by atoms with Crippen LogP contribution in [-0.4, -0.2) is 29.4 Å². The van der Waals surface area contributed by atoms with E-state index in [-0.39, 0.29) is 0 Å². The first-order valence-corrected chi connectivity index (χ1v) is 14.2. The molecule has 0 amide bonds. The summed E-state index contributed by atoms with van der Waals surface area (Å²) in [6, 6.07) is 20.3. The van der Waals surface area contributed by atoms with Gasteiger partial charge >= 0.3 is 166 Å². The minimum absolute atomic E-state index is 0.431. The van der Waals surface area contributed by atoms with E-state index >= 15 is 0 Å². The van der Waals surface area contributed by atoms with Crippen molar-refractivity contribution in [3.05, 3.63) is 65.7 Å². The van der Waals surface area contributed by atoms with Crippen molar-refractivity contribution < 1.29 is 4.43 Å². The van der Waals surface area contributed by atoms with Gasteiger partial charge in [0, 0.05) is 0 Å². The summed E-state index contributed by atoms with van der Waals surface area (Å²) < 4.78 is 8.66. The molecule has 0 aromatic heterocycles. The summed E-state index contributed by atoms with van der Waals surface area (Å²) in [4.78, 5) is 0. The molecule has 1 aliphatic heterocycles. The Bertz CT molecular complexity index is 750. The van der Waals surface area contributed by atoms with Crippen molar-refractivity contribution in [2.45, 2.75) is 68.1 Å². The average molecular weight is 430 g/mol. The van der Waals surface area contributed by atoms with Gasteiger partial charge in [0.25, 0.3) is 0 Å². The second-order valence-corrected chi connectivity index (χ2v) is 15.8. The van der Waals surface area contributed by atoms with Crippen LogP contribution < -0.4 is 4.46 Å². The van der Waals surface area contributed by atoms with Crippen LogP contribution in [0.3, 0.4) is 0 Å². The standard InChI is InChI=1S/C23H30OSeSi/c1-16(2)26(17(3)4)22(15-25-19-11-6-5-7-12-19)23-20-13-9-8-10-18(20)14-21(23)24-26/h5-13,16-17,21-23H,14-15H2,1-4H3/t21-,22?,23+/m0/s1. The van der Waals surface area contributed by atoms with Crippen LogP contribution in [0.4, 0.5) is 0 Å². The third-order valence-corrected chi connectivity index (χ3v) is 15.7. The summed E-state index contributed by atoms with van der Waals surface area (Å²) in [5.41, 5.74) is 5.24. The van der Waals surface area contributed by atoms with Crippen LogP contribution in [0.5, 0.6) is 0 Å². The van der Waals surface area contributed by atoms with Gasteiger partial charge in [-0.1, -0.05) is 0 Å². The maximum absolute atomic E-state index is 7.13. The fourth-order valence-corrected chi connectivity index (χ4v) is 15.3. The van der Waals surface area contributed by atoms with Gasteiger partial charge in [-0.15, -0.1) is 0 Å². The quantitative estimate of drug-likeness (QED) is 0.586. The van der Waals surface area contributed by atoms with Gasteiger partial charge in [0.1, 0.15) is 0 Å². The normalized spacial score (nSPS) is 26.3. The van der Waals surface area contributed by atoms with Crippen LogP contribution >= 0.6 is 0 Å². The molecule has 1 aliphatic carbocycles. The van der Waals surface area contributed by atoms with E-state index < -0.39 is 8.32 Å². The Morgan fingerprint density at radius 3 is 2.31 bits per heavy atom. The van der Waals surface area contributed by atoms with Gasteiger partial charge in [0.2, 0.25) is 0 Å². The van der Waals surface area contributed by atoms with Crippen molar-refractivity contribution in [2.75, 3.05) is 0 Å². The summed E-state index contributed by atoms with van der Waals surface area (Å²) in [5.74, 6) is 0.633. The van der Waals surface area contributed by atoms with Gasteiger partial charge < -0.3 is 0 Å². The molecule has 0 radical (unpaired) electrons. The van der Waals surface area contributed by atoms with Gasteiger partial charge in [0.05, 0.1) is 0 Å². The molecule has 138 valence electrons. The van der Waals surface area contributed by atoms with E-state index in [1.165, 1.54) is 15.3 Å². The molecule has 0 saturated carbocycles. The molecule has 1 heterocycles. The Morgan fingerprint density at radius 1 is 0.962 bits per heavy atom. The molecule has 1 nitrogen and oxygen atoms in total. The summed E-state index contributed by atoms with van der Waals surface area (Å²) in [6.07, 6.45) is 1.56. The van der Waals surface area contributed by atoms with Crippen LogP contribution in [0.2, 0.25) is 21.9 Å². The zero-order chi connectivity index (χ0) is 18.3. The van der Waals surface area contributed by atoms with Crippen molar-refractivity contribution in [2.24, 2.45) is 0 Å². The molecule has 3 atom stereocenters. The zero-order valence-corrected chi connectivity index (χ0v) is 19.0. The van der Waals surface area contributed by atoms with Crippen molar-refractivity contribution in [3.63, 3.8) is 0 Å². The van der Waals surface area contributed by atoms with E-state index in [2.05, 4.69) is 82.3 Å². The van der Waals surface area contributed by atoms with E-state index in [1.807, 2.05) is 0 Å². The van der Waals surface area contributed by atoms with Crippen LogP contribution in [0.1, 0.15) is 44.7 Å². The summed E-state index contributed by atoms with van der Waals surface area (Å²) in [5, 5.41) is 1.33. The Hall–Kier alpha value is -0.864. The van der Waals surface area contributed by atoms with Crippen LogP contribution in [0.15, 0.2) is 54.6 Å². The second kappa shape index (κ2) is 7.28. The number of hydrogen-bond acceptors (Lipinski definition) is 1. The van der Waals surface area contributed by atoms with Gasteiger partial charge in [-0.05, 0) is 0 Å². The summed E-state index contributed by atoms with van der Waals surface area (Å²) in [6.45, 7) is 9.73. The summed E-state index contributed by atoms with van der Waals surface area (Å²) in [7, 11) is -1.82. The number of hydrogen-bond donors (Lipinski definition) is 0. The molecule has 0 N–H and O–H groups in total. The first kappa shape index (κ1) is 18.5. The Labute approximate surface area is 165 Å². The molecule has 26 heavy (non-hydrogen) atoms. The van der Waals surface area contributed by atoms with E-state index in [0.717, 1.165) is 12.0 Å². The average Bonchev–Trinajstić information content (AvgIpc) is 3.14. The Morgan fingerprint density at radius 2 is 1.62 bits per heavy atom. The fraction of sp³-hybridized carbons (Fsp3) is 0.478. The molecular formula is C23H30OSeSi. The molecule has 2 aromatic carbocycles. The SMILES string of the molecule is CC(C)[Si]1(C(C)C)O[C@H]2Cc3ccccc3[C@H]2C1C[Se]c1ccccc1. The molecule has 1 saturated heterocycles. The van der Waals surface area contributed by atoms with Gasteiger partial charge in [-0.25, -0.2) is 0 Å². The van der Waals surface area contributed by atoms with Gasteiger partial charge in [0.15, 0.2) is 0 Å². The Balaban J connectivity index is 1.70. The van der Waals surface area contributed by atoms with Crippen LogP contribution in [0.25, 0.3) is 0 Å². The first-order chi connectivity index (χ1) is 12.5. The monoisotopic (exact) mass is 430 g/mol. The number of fused-ring (bicyclic) bond motifs is 3. The fourth-order valence-electron chi connectivity index (χ4n) is 5.54. The van der Waals surface area contributed by atoms with Gasteiger partial charge in [-0.2, -0.15) is 0 Å². The molecular weight excluding hydrogens is 399 g/mol. The molecule has 4 rings (SSSR count). The van der Waals surface area contributed by atoms with Crippen LogP contribution in [-0.2, 0) is 10.8 Å². The third-order valence-electron chi connectivity index (χ3n) is 6.58. The molecule has 2 aliphatic rings. The van der Waals surface area contributed by atoms with E-state index in [1.54, 1.807) is 5.56 Å². The molecule has 1 unspecified atom stereocenters. The number of benzene rings is 2. The summed E-state index contributed by atoms with van der Waals surface area (Å²) >= 11 is 0.531. The molecule has 3 heteroatoms. The second-order valence-electron chi connectivity index (χ2n) is 8.48. The topological polar surface area (TPSA) is 9.23 Å². The number of rotatable bonds is 5. The predicted octanol–water partition coefficient (Wildman–Crippen LogP) is 5.31. The molecule has 0 bridgehead atoms. The first-order valence-electron chi connectivity index (χ1n) is 9.97. The van der Waals surface area contributed by atoms with Crippen LogP contribution in [0, 0.1) is 0 Å².